The third kappa shape index (κ3) is 3.12. The molecule has 0 spiro atoms. The van der Waals surface area contributed by atoms with E-state index in [2.05, 4.69) is 22.1 Å². The van der Waals surface area contributed by atoms with Crippen molar-refractivity contribution in [2.45, 2.75) is 13.3 Å². The van der Waals surface area contributed by atoms with Gasteiger partial charge in [0, 0.05) is 18.3 Å². The standard InChI is InChI=1S/C8H9ClN2S/c1-2-3-4-5-10-8-11-7(9)6-12-8/h6H,4-5H2,1H3,(H,10,11). The van der Waals surface area contributed by atoms with Gasteiger partial charge in [-0.2, -0.15) is 0 Å². The third-order valence-corrected chi connectivity index (χ3v) is 2.30. The molecule has 1 aromatic rings. The molecule has 0 fully saturated rings. The Bertz CT molecular complexity index is 297. The number of aromatic nitrogens is 1. The largest absolute Gasteiger partial charge is 0.361 e. The van der Waals surface area contributed by atoms with Gasteiger partial charge in [-0.25, -0.2) is 4.98 Å². The number of rotatable bonds is 3. The third-order valence-electron chi connectivity index (χ3n) is 1.18. The maximum Gasteiger partial charge on any atom is 0.184 e. The predicted molar refractivity (Wildman–Crippen MR) is 53.7 cm³/mol. The summed E-state index contributed by atoms with van der Waals surface area (Å²) >= 11 is 7.14. The Labute approximate surface area is 81.0 Å². The highest BCUT2D eigenvalue weighted by Gasteiger charge is 1.96. The fourth-order valence-corrected chi connectivity index (χ4v) is 1.56. The molecule has 0 saturated heterocycles. The van der Waals surface area contributed by atoms with E-state index in [0.29, 0.717) is 5.15 Å². The molecule has 12 heavy (non-hydrogen) atoms. The average Bonchev–Trinajstić information content (AvgIpc) is 2.45. The minimum atomic E-state index is 0.545. The van der Waals surface area contributed by atoms with Gasteiger partial charge in [-0.15, -0.1) is 23.2 Å². The van der Waals surface area contributed by atoms with Crippen molar-refractivity contribution in [3.8, 4) is 11.8 Å². The summed E-state index contributed by atoms with van der Waals surface area (Å²) < 4.78 is 0. The van der Waals surface area contributed by atoms with Crippen LogP contribution in [-0.2, 0) is 0 Å². The van der Waals surface area contributed by atoms with E-state index in [0.717, 1.165) is 18.1 Å². The van der Waals surface area contributed by atoms with Crippen molar-refractivity contribution in [1.82, 2.24) is 4.98 Å². The van der Waals surface area contributed by atoms with Crippen LogP contribution >= 0.6 is 22.9 Å². The Balaban J connectivity index is 2.27. The summed E-state index contributed by atoms with van der Waals surface area (Å²) in [6.45, 7) is 2.66. The first-order valence-electron chi connectivity index (χ1n) is 3.57. The lowest BCUT2D eigenvalue weighted by molar-refractivity contribution is 1.09. The van der Waals surface area contributed by atoms with Crippen molar-refractivity contribution in [1.29, 1.82) is 0 Å². The smallest absolute Gasteiger partial charge is 0.184 e. The number of thiazole rings is 1. The lowest BCUT2D eigenvalue weighted by Crippen LogP contribution is -1.99. The monoisotopic (exact) mass is 200 g/mol. The molecule has 0 aliphatic rings. The van der Waals surface area contributed by atoms with E-state index in [9.17, 15) is 0 Å². The van der Waals surface area contributed by atoms with Crippen LogP contribution in [0.5, 0.6) is 0 Å². The molecule has 64 valence electrons. The van der Waals surface area contributed by atoms with Crippen molar-refractivity contribution >= 4 is 28.1 Å². The molecular weight excluding hydrogens is 192 g/mol. The molecule has 2 nitrogen and oxygen atoms in total. The average molecular weight is 201 g/mol. The number of halogens is 1. The van der Waals surface area contributed by atoms with E-state index >= 15 is 0 Å². The van der Waals surface area contributed by atoms with Crippen LogP contribution in [0.25, 0.3) is 0 Å². The molecule has 1 aromatic heterocycles. The number of anilines is 1. The minimum Gasteiger partial charge on any atom is -0.361 e. The second-order valence-corrected chi connectivity index (χ2v) is 3.32. The van der Waals surface area contributed by atoms with Gasteiger partial charge in [-0.3, -0.25) is 0 Å². The van der Waals surface area contributed by atoms with Crippen LogP contribution < -0.4 is 5.32 Å². The molecule has 0 aromatic carbocycles. The molecule has 0 amide bonds. The molecule has 1 heterocycles. The quantitative estimate of drug-likeness (QED) is 0.600. The summed E-state index contributed by atoms with van der Waals surface area (Å²) in [5, 5.41) is 6.33. The van der Waals surface area contributed by atoms with Crippen LogP contribution in [0.4, 0.5) is 5.13 Å². The molecule has 0 unspecified atom stereocenters. The van der Waals surface area contributed by atoms with Crippen molar-refractivity contribution in [3.63, 3.8) is 0 Å². The predicted octanol–water partition coefficient (Wildman–Crippen LogP) is 2.62. The lowest BCUT2D eigenvalue weighted by atomic mass is 10.4. The van der Waals surface area contributed by atoms with E-state index in [-0.39, 0.29) is 0 Å². The second-order valence-electron chi connectivity index (χ2n) is 2.08. The summed E-state index contributed by atoms with van der Waals surface area (Å²) in [4.78, 5) is 4.03. The highest BCUT2D eigenvalue weighted by molar-refractivity contribution is 7.14. The molecule has 0 atom stereocenters. The first-order valence-corrected chi connectivity index (χ1v) is 4.83. The Morgan fingerprint density at radius 3 is 3.17 bits per heavy atom. The van der Waals surface area contributed by atoms with Gasteiger partial charge in [0.2, 0.25) is 0 Å². The maximum absolute atomic E-state index is 5.63. The van der Waals surface area contributed by atoms with Crippen LogP contribution in [0.3, 0.4) is 0 Å². The molecule has 1 rings (SSSR count). The molecule has 0 radical (unpaired) electrons. The van der Waals surface area contributed by atoms with Crippen LogP contribution in [0.15, 0.2) is 5.38 Å². The Morgan fingerprint density at radius 2 is 2.58 bits per heavy atom. The van der Waals surface area contributed by atoms with Gasteiger partial charge in [0.25, 0.3) is 0 Å². The molecule has 0 aliphatic heterocycles. The van der Waals surface area contributed by atoms with Crippen LogP contribution in [0, 0.1) is 11.8 Å². The molecule has 0 saturated carbocycles. The highest BCUT2D eigenvalue weighted by atomic mass is 35.5. The van der Waals surface area contributed by atoms with Crippen molar-refractivity contribution < 1.29 is 0 Å². The number of hydrogen-bond acceptors (Lipinski definition) is 3. The van der Waals surface area contributed by atoms with Crippen molar-refractivity contribution in [3.05, 3.63) is 10.5 Å². The molecular formula is C8H9ClN2S. The highest BCUT2D eigenvalue weighted by Crippen LogP contribution is 2.18. The van der Waals surface area contributed by atoms with Crippen LogP contribution in [0.1, 0.15) is 13.3 Å². The summed E-state index contributed by atoms with van der Waals surface area (Å²) in [6.07, 6.45) is 0.841. The fraction of sp³-hybridized carbons (Fsp3) is 0.375. The van der Waals surface area contributed by atoms with E-state index in [1.54, 1.807) is 5.38 Å². The number of nitrogens with one attached hydrogen (secondary N) is 1. The van der Waals surface area contributed by atoms with Crippen molar-refractivity contribution in [2.24, 2.45) is 0 Å². The second kappa shape index (κ2) is 5.02. The number of hydrogen-bond donors (Lipinski definition) is 1. The Kier molecular flexibility index (Phi) is 3.92. The Hall–Kier alpha value is -0.720. The fourth-order valence-electron chi connectivity index (χ4n) is 0.692. The Morgan fingerprint density at radius 1 is 1.75 bits per heavy atom. The van der Waals surface area contributed by atoms with Crippen molar-refractivity contribution in [2.75, 3.05) is 11.9 Å². The summed E-state index contributed by atoms with van der Waals surface area (Å²) in [5.74, 6) is 5.78. The molecule has 1 N–H and O–H groups in total. The summed E-state index contributed by atoms with van der Waals surface area (Å²) in [6, 6.07) is 0. The zero-order chi connectivity index (χ0) is 8.81. The minimum absolute atomic E-state index is 0.545. The maximum atomic E-state index is 5.63. The summed E-state index contributed by atoms with van der Waals surface area (Å²) in [7, 11) is 0. The SMILES string of the molecule is CC#CCCNc1nc(Cl)cs1. The van der Waals surface area contributed by atoms with E-state index < -0.39 is 0 Å². The van der Waals surface area contributed by atoms with E-state index in [1.165, 1.54) is 11.3 Å². The van der Waals surface area contributed by atoms with Gasteiger partial charge in [0.15, 0.2) is 5.13 Å². The van der Waals surface area contributed by atoms with Crippen LogP contribution in [-0.4, -0.2) is 11.5 Å². The summed E-state index contributed by atoms with van der Waals surface area (Å²) in [5.41, 5.74) is 0. The van der Waals surface area contributed by atoms with Gasteiger partial charge >= 0.3 is 0 Å². The first kappa shape index (κ1) is 9.37. The van der Waals surface area contributed by atoms with Gasteiger partial charge in [0.1, 0.15) is 5.15 Å². The normalized spacial score (nSPS) is 8.83. The van der Waals surface area contributed by atoms with Gasteiger partial charge < -0.3 is 5.32 Å². The zero-order valence-electron chi connectivity index (χ0n) is 6.72. The van der Waals surface area contributed by atoms with Crippen LogP contribution in [0.2, 0.25) is 5.15 Å². The number of nitrogens with zero attached hydrogens (tertiary/aromatic N) is 1. The topological polar surface area (TPSA) is 24.9 Å². The first-order chi connectivity index (χ1) is 5.83. The lowest BCUT2D eigenvalue weighted by Gasteiger charge is -1.95. The van der Waals surface area contributed by atoms with Gasteiger partial charge in [-0.05, 0) is 6.92 Å². The van der Waals surface area contributed by atoms with E-state index in [4.69, 9.17) is 11.6 Å². The van der Waals surface area contributed by atoms with Gasteiger partial charge in [0.05, 0.1) is 0 Å². The zero-order valence-corrected chi connectivity index (χ0v) is 8.30. The molecule has 0 aliphatic carbocycles. The molecule has 4 heteroatoms. The molecule has 0 bridgehead atoms. The van der Waals surface area contributed by atoms with Gasteiger partial charge in [-0.1, -0.05) is 11.6 Å². The van der Waals surface area contributed by atoms with E-state index in [1.807, 2.05) is 6.92 Å².